The van der Waals surface area contributed by atoms with Gasteiger partial charge in [0.15, 0.2) is 11.6 Å². The van der Waals surface area contributed by atoms with E-state index >= 15 is 0 Å². The molecular weight excluding hydrogens is 425 g/mol. The first-order valence-corrected chi connectivity index (χ1v) is 9.77. The Labute approximate surface area is 182 Å². The molecule has 32 heavy (non-hydrogen) atoms. The largest absolute Gasteiger partial charge is 0.365 e. The highest BCUT2D eigenvalue weighted by Crippen LogP contribution is 2.35. The van der Waals surface area contributed by atoms with Crippen LogP contribution in [0.1, 0.15) is 29.6 Å². The van der Waals surface area contributed by atoms with Crippen LogP contribution < -0.4 is 27.5 Å². The van der Waals surface area contributed by atoms with Gasteiger partial charge in [0.25, 0.3) is 11.8 Å². The Hall–Kier alpha value is -3.67. The Morgan fingerprint density at radius 2 is 2.03 bits per heavy atom. The van der Waals surface area contributed by atoms with Gasteiger partial charge in [0.2, 0.25) is 0 Å². The van der Waals surface area contributed by atoms with Crippen molar-refractivity contribution in [3.8, 4) is 0 Å². The summed E-state index contributed by atoms with van der Waals surface area (Å²) >= 11 is 0. The number of halogens is 3. The number of hydrogen-bond acceptors (Lipinski definition) is 8. The smallest absolute Gasteiger partial charge is 0.269 e. The molecule has 2 unspecified atom stereocenters. The van der Waals surface area contributed by atoms with Crippen molar-refractivity contribution in [3.63, 3.8) is 0 Å². The third kappa shape index (κ3) is 5.32. The highest BCUT2D eigenvalue weighted by atomic mass is 19.3. The van der Waals surface area contributed by atoms with Gasteiger partial charge in [-0.15, -0.1) is 0 Å². The Kier molecular flexibility index (Phi) is 6.93. The normalized spacial score (nSPS) is 20.0. The molecular formula is C20H23F3N8O. The average Bonchev–Trinajstić information content (AvgIpc) is 2.73. The Morgan fingerprint density at radius 3 is 2.72 bits per heavy atom. The molecule has 0 aliphatic heterocycles. The molecule has 9 nitrogen and oxygen atoms in total. The number of nitrogens with two attached hydrogens (primary N) is 2. The molecule has 1 fully saturated rings. The van der Waals surface area contributed by atoms with Crippen molar-refractivity contribution in [2.75, 3.05) is 16.1 Å². The molecule has 3 rings (SSSR count). The van der Waals surface area contributed by atoms with Gasteiger partial charge >= 0.3 is 0 Å². The zero-order valence-electron chi connectivity index (χ0n) is 16.9. The van der Waals surface area contributed by atoms with E-state index in [9.17, 15) is 18.0 Å². The fraction of sp³-hybridized carbons (Fsp3) is 0.300. The zero-order chi connectivity index (χ0) is 23.3. The van der Waals surface area contributed by atoms with E-state index in [1.807, 2.05) is 0 Å². The molecule has 1 aliphatic carbocycles. The van der Waals surface area contributed by atoms with Crippen LogP contribution in [0.5, 0.6) is 0 Å². The van der Waals surface area contributed by atoms with E-state index in [0.717, 1.165) is 12.3 Å². The van der Waals surface area contributed by atoms with Crippen LogP contribution in [0.15, 0.2) is 35.4 Å². The van der Waals surface area contributed by atoms with Crippen LogP contribution in [0.25, 0.3) is 0 Å². The molecule has 0 radical (unpaired) electrons. The van der Waals surface area contributed by atoms with Gasteiger partial charge in [-0.3, -0.25) is 10.2 Å². The van der Waals surface area contributed by atoms with Crippen molar-refractivity contribution >= 4 is 41.3 Å². The van der Waals surface area contributed by atoms with Crippen LogP contribution >= 0.6 is 0 Å². The number of nitrogens with zero attached hydrogens (tertiary/aromatic N) is 2. The van der Waals surface area contributed by atoms with E-state index in [4.69, 9.17) is 16.9 Å². The van der Waals surface area contributed by atoms with Crippen LogP contribution in [0, 0.1) is 11.2 Å². The molecule has 1 saturated carbocycles. The van der Waals surface area contributed by atoms with Gasteiger partial charge in [0.1, 0.15) is 11.9 Å². The van der Waals surface area contributed by atoms with E-state index in [0.29, 0.717) is 17.8 Å². The monoisotopic (exact) mass is 448 g/mol. The van der Waals surface area contributed by atoms with Gasteiger partial charge in [-0.2, -0.15) is 5.10 Å². The fourth-order valence-electron chi connectivity index (χ4n) is 3.39. The second-order valence-electron chi connectivity index (χ2n) is 7.28. The molecule has 2 atom stereocenters. The van der Waals surface area contributed by atoms with Crippen LogP contribution in [0.2, 0.25) is 0 Å². The predicted molar refractivity (Wildman–Crippen MR) is 118 cm³/mol. The van der Waals surface area contributed by atoms with Crippen molar-refractivity contribution in [2.45, 2.75) is 37.3 Å². The number of amides is 1. The van der Waals surface area contributed by atoms with E-state index in [-0.39, 0.29) is 24.2 Å². The number of hydrogen-bond donors (Lipinski definition) is 6. The van der Waals surface area contributed by atoms with E-state index in [2.05, 4.69) is 26.1 Å². The Morgan fingerprint density at radius 1 is 1.28 bits per heavy atom. The van der Waals surface area contributed by atoms with E-state index < -0.39 is 35.5 Å². The molecule has 1 aromatic carbocycles. The van der Waals surface area contributed by atoms with Crippen molar-refractivity contribution < 1.29 is 18.0 Å². The second kappa shape index (κ2) is 9.64. The summed E-state index contributed by atoms with van der Waals surface area (Å²) in [6, 6.07) is 5.04. The van der Waals surface area contributed by atoms with Crippen LogP contribution in [-0.4, -0.2) is 41.3 Å². The van der Waals surface area contributed by atoms with Crippen LogP contribution in [0.3, 0.4) is 0 Å². The van der Waals surface area contributed by atoms with E-state index in [1.165, 1.54) is 6.21 Å². The molecule has 2 aromatic rings. The molecule has 1 amide bonds. The van der Waals surface area contributed by atoms with Gasteiger partial charge in [-0.1, -0.05) is 6.07 Å². The van der Waals surface area contributed by atoms with Crippen molar-refractivity contribution in [2.24, 2.45) is 16.6 Å². The molecule has 170 valence electrons. The minimum Gasteiger partial charge on any atom is -0.365 e. The molecule has 0 saturated heterocycles. The summed E-state index contributed by atoms with van der Waals surface area (Å²) in [7, 11) is 0. The molecule has 1 heterocycles. The summed E-state index contributed by atoms with van der Waals surface area (Å²) in [4.78, 5) is 15.8. The van der Waals surface area contributed by atoms with Gasteiger partial charge in [-0.25, -0.2) is 18.2 Å². The number of alkyl halides is 2. The number of hydrazone groups is 1. The number of carbonyl (C=O) groups excluding carboxylic acids is 1. The highest BCUT2D eigenvalue weighted by molar-refractivity contribution is 6.14. The lowest BCUT2D eigenvalue weighted by Crippen LogP contribution is -2.55. The number of carbonyl (C=O) groups is 1. The predicted octanol–water partition coefficient (Wildman–Crippen LogP) is 3.04. The summed E-state index contributed by atoms with van der Waals surface area (Å²) in [6.45, 7) is 0. The summed E-state index contributed by atoms with van der Waals surface area (Å²) in [6.07, 6.45) is 2.48. The first-order valence-electron chi connectivity index (χ1n) is 9.77. The molecule has 0 bridgehead atoms. The SMILES string of the molecule is N=C/C=N\Nc1cccc(Nc2nc(NC3C(N)CCCC3(F)F)c(F)cc2C(N)=O)c1. The third-order valence-corrected chi connectivity index (χ3v) is 4.93. The number of primary amides is 1. The molecule has 8 N–H and O–H groups in total. The quantitative estimate of drug-likeness (QED) is 0.269. The third-order valence-electron chi connectivity index (χ3n) is 4.93. The van der Waals surface area contributed by atoms with Crippen molar-refractivity contribution in [1.29, 1.82) is 5.41 Å². The summed E-state index contributed by atoms with van der Waals surface area (Å²) in [5.74, 6) is -5.68. The number of anilines is 4. The molecule has 1 aromatic heterocycles. The van der Waals surface area contributed by atoms with Gasteiger partial charge in [-0.05, 0) is 37.1 Å². The van der Waals surface area contributed by atoms with Gasteiger partial charge in [0.05, 0.1) is 17.5 Å². The van der Waals surface area contributed by atoms with Crippen molar-refractivity contribution in [3.05, 3.63) is 41.7 Å². The van der Waals surface area contributed by atoms with Gasteiger partial charge in [0, 0.05) is 24.4 Å². The number of rotatable bonds is 8. The maximum Gasteiger partial charge on any atom is 0.269 e. The fourth-order valence-corrected chi connectivity index (χ4v) is 3.39. The van der Waals surface area contributed by atoms with Crippen LogP contribution in [-0.2, 0) is 0 Å². The number of aromatic nitrogens is 1. The molecule has 1 aliphatic rings. The summed E-state index contributed by atoms with van der Waals surface area (Å²) in [5.41, 5.74) is 14.6. The zero-order valence-corrected chi connectivity index (χ0v) is 16.9. The lowest BCUT2D eigenvalue weighted by molar-refractivity contribution is -0.0512. The minimum atomic E-state index is -3.14. The standard InChI is InChI=1S/C20H23F3N8O/c21-14-10-13(17(26)32)18(28-11-3-1-4-12(9-11)31-27-8-7-24)30-19(14)29-16-15(25)5-2-6-20(16,22)23/h1,3-4,7-10,15-16,24,31H,2,5-6,25H2,(H2,26,32)(H2,28,29,30)/b24-7?,27-8-. The molecule has 12 heteroatoms. The first kappa shape index (κ1) is 23.0. The highest BCUT2D eigenvalue weighted by Gasteiger charge is 2.46. The average molecular weight is 448 g/mol. The maximum atomic E-state index is 14.6. The van der Waals surface area contributed by atoms with E-state index in [1.54, 1.807) is 24.3 Å². The summed E-state index contributed by atoms with van der Waals surface area (Å²) in [5, 5.41) is 16.0. The number of benzene rings is 1. The first-order chi connectivity index (χ1) is 15.2. The minimum absolute atomic E-state index is 0.116. The lowest BCUT2D eigenvalue weighted by Gasteiger charge is -2.36. The number of nitrogens with one attached hydrogen (secondary N) is 4. The molecule has 0 spiro atoms. The summed E-state index contributed by atoms with van der Waals surface area (Å²) < 4.78 is 43.3. The van der Waals surface area contributed by atoms with Gasteiger partial charge < -0.3 is 27.5 Å². The maximum absolute atomic E-state index is 14.6. The Bertz CT molecular complexity index is 1030. The van der Waals surface area contributed by atoms with Crippen LogP contribution in [0.4, 0.5) is 36.2 Å². The van der Waals surface area contributed by atoms with Crippen molar-refractivity contribution in [1.82, 2.24) is 4.98 Å². The number of pyridine rings is 1. The Balaban J connectivity index is 1.92. The second-order valence-corrected chi connectivity index (χ2v) is 7.28. The lowest BCUT2D eigenvalue weighted by atomic mass is 9.87. The topological polar surface area (TPSA) is 154 Å².